The highest BCUT2D eigenvalue weighted by atomic mass is 19.1. The van der Waals surface area contributed by atoms with Gasteiger partial charge in [0, 0.05) is 31.1 Å². The Labute approximate surface area is 187 Å². The Morgan fingerprint density at radius 3 is 2.44 bits per heavy atom. The van der Waals surface area contributed by atoms with Gasteiger partial charge in [0.25, 0.3) is 0 Å². The molecule has 164 valence electrons. The number of anilines is 1. The van der Waals surface area contributed by atoms with Gasteiger partial charge in [0.2, 0.25) is 0 Å². The van der Waals surface area contributed by atoms with E-state index in [0.29, 0.717) is 25.2 Å². The summed E-state index contributed by atoms with van der Waals surface area (Å²) in [5, 5.41) is 0. The van der Waals surface area contributed by atoms with Crippen LogP contribution >= 0.6 is 0 Å². The molecule has 1 aliphatic heterocycles. The maximum Gasteiger partial charge on any atom is 0.411 e. The van der Waals surface area contributed by atoms with Crippen LogP contribution in [0.4, 0.5) is 15.0 Å². The number of rotatable bonds is 6. The molecule has 2 atom stereocenters. The fourth-order valence-corrected chi connectivity index (χ4v) is 4.18. The summed E-state index contributed by atoms with van der Waals surface area (Å²) in [5.74, 6) is 0.161. The third kappa shape index (κ3) is 4.21. The largest absolute Gasteiger partial charge is 0.437 e. The average Bonchev–Trinajstić information content (AvgIpc) is 2.80. The van der Waals surface area contributed by atoms with Gasteiger partial charge in [0.15, 0.2) is 0 Å². The van der Waals surface area contributed by atoms with Crippen molar-refractivity contribution in [3.05, 3.63) is 96.5 Å². The van der Waals surface area contributed by atoms with E-state index in [0.717, 1.165) is 22.3 Å². The minimum absolute atomic E-state index is 0.156. The van der Waals surface area contributed by atoms with E-state index < -0.39 is 5.60 Å². The van der Waals surface area contributed by atoms with Crippen LogP contribution in [-0.2, 0) is 10.3 Å². The van der Waals surface area contributed by atoms with E-state index in [1.54, 1.807) is 35.4 Å². The first kappa shape index (κ1) is 21.6. The van der Waals surface area contributed by atoms with Crippen LogP contribution in [0, 0.1) is 5.82 Å². The lowest BCUT2D eigenvalue weighted by atomic mass is 9.85. The van der Waals surface area contributed by atoms with Crippen molar-refractivity contribution in [3.8, 4) is 11.1 Å². The molecule has 0 radical (unpaired) electrons. The Morgan fingerprint density at radius 1 is 1.16 bits per heavy atom. The molecule has 4 rings (SSSR count). The summed E-state index contributed by atoms with van der Waals surface area (Å²) in [6, 6.07) is 17.7. The number of cyclic esters (lactones) is 1. The SMILES string of the molecule is C=CCC1(c2ccc(F)cc2)CCN([C@@H](C)c2ccc(-c3ccc(N)nc3)cc2)C(=O)O1. The molecule has 2 aromatic carbocycles. The highest BCUT2D eigenvalue weighted by Gasteiger charge is 2.42. The third-order valence-corrected chi connectivity index (χ3v) is 6.10. The second-order valence-corrected chi connectivity index (χ2v) is 8.08. The summed E-state index contributed by atoms with van der Waals surface area (Å²) >= 11 is 0. The van der Waals surface area contributed by atoms with Crippen LogP contribution in [-0.4, -0.2) is 22.5 Å². The van der Waals surface area contributed by atoms with Gasteiger partial charge in [0.1, 0.15) is 17.2 Å². The number of benzene rings is 2. The van der Waals surface area contributed by atoms with Gasteiger partial charge >= 0.3 is 6.09 Å². The summed E-state index contributed by atoms with van der Waals surface area (Å²) in [5.41, 5.74) is 8.62. The molecule has 1 aliphatic rings. The molecular formula is C26H26FN3O2. The van der Waals surface area contributed by atoms with Crippen molar-refractivity contribution < 1.29 is 13.9 Å². The van der Waals surface area contributed by atoms with Gasteiger partial charge in [0.05, 0.1) is 6.04 Å². The van der Waals surface area contributed by atoms with Gasteiger partial charge < -0.3 is 15.4 Å². The highest BCUT2D eigenvalue weighted by molar-refractivity contribution is 5.70. The van der Waals surface area contributed by atoms with Crippen molar-refractivity contribution >= 4 is 11.9 Å². The Balaban J connectivity index is 1.51. The predicted octanol–water partition coefficient (Wildman–Crippen LogP) is 5.84. The molecule has 1 aromatic heterocycles. The Morgan fingerprint density at radius 2 is 1.84 bits per heavy atom. The van der Waals surface area contributed by atoms with Gasteiger partial charge in [-0.3, -0.25) is 0 Å². The summed E-state index contributed by atoms with van der Waals surface area (Å²) in [4.78, 5) is 18.9. The maximum atomic E-state index is 13.4. The quantitative estimate of drug-likeness (QED) is 0.498. The molecule has 2 N–H and O–H groups in total. The number of hydrogen-bond acceptors (Lipinski definition) is 4. The molecule has 1 unspecified atom stereocenters. The van der Waals surface area contributed by atoms with Crippen molar-refractivity contribution in [2.45, 2.75) is 31.4 Å². The molecule has 0 aliphatic carbocycles. The standard InChI is InChI=1S/C26H26FN3O2/c1-3-14-26(22-9-11-23(27)12-10-22)15-16-30(25(31)32-26)18(2)19-4-6-20(7-5-19)21-8-13-24(28)29-17-21/h3-13,17-18H,1,14-16H2,2H3,(H2,28,29)/t18-,26?/m0/s1. The van der Waals surface area contributed by atoms with Gasteiger partial charge in [-0.15, -0.1) is 6.58 Å². The molecule has 6 heteroatoms. The number of carbonyl (C=O) groups excluding carboxylic acids is 1. The van der Waals surface area contributed by atoms with Crippen LogP contribution in [0.1, 0.15) is 36.9 Å². The molecule has 2 heterocycles. The fraction of sp³-hybridized carbons (Fsp3) is 0.231. The van der Waals surface area contributed by atoms with Gasteiger partial charge in [-0.05, 0) is 47.9 Å². The number of pyridine rings is 1. The van der Waals surface area contributed by atoms with Crippen molar-refractivity contribution in [2.24, 2.45) is 0 Å². The zero-order chi connectivity index (χ0) is 22.7. The zero-order valence-corrected chi connectivity index (χ0v) is 18.0. The lowest BCUT2D eigenvalue weighted by molar-refractivity contribution is -0.0588. The van der Waals surface area contributed by atoms with Crippen LogP contribution in [0.25, 0.3) is 11.1 Å². The number of nitrogen functional groups attached to an aromatic ring is 1. The number of hydrogen-bond donors (Lipinski definition) is 1. The number of ether oxygens (including phenoxy) is 1. The number of nitrogens with two attached hydrogens (primary N) is 1. The molecule has 5 nitrogen and oxygen atoms in total. The molecule has 1 fully saturated rings. The lowest BCUT2D eigenvalue weighted by Crippen LogP contribution is -2.48. The number of aromatic nitrogens is 1. The first-order valence-electron chi connectivity index (χ1n) is 10.6. The average molecular weight is 432 g/mol. The van der Waals surface area contributed by atoms with E-state index in [4.69, 9.17) is 10.5 Å². The molecule has 0 saturated carbocycles. The second kappa shape index (κ2) is 8.83. The van der Waals surface area contributed by atoms with Crippen molar-refractivity contribution in [1.29, 1.82) is 0 Å². The topological polar surface area (TPSA) is 68.5 Å². The van der Waals surface area contributed by atoms with E-state index in [1.807, 2.05) is 37.3 Å². The molecule has 3 aromatic rings. The number of amides is 1. The van der Waals surface area contributed by atoms with Crippen LogP contribution in [0.2, 0.25) is 0 Å². The van der Waals surface area contributed by atoms with Gasteiger partial charge in [-0.2, -0.15) is 0 Å². The molecule has 1 amide bonds. The number of nitrogens with zero attached hydrogens (tertiary/aromatic N) is 2. The van der Waals surface area contributed by atoms with E-state index in [2.05, 4.69) is 11.6 Å². The summed E-state index contributed by atoms with van der Waals surface area (Å²) in [6.45, 7) is 6.33. The second-order valence-electron chi connectivity index (χ2n) is 8.08. The molecule has 1 saturated heterocycles. The predicted molar refractivity (Wildman–Crippen MR) is 123 cm³/mol. The smallest absolute Gasteiger partial charge is 0.411 e. The van der Waals surface area contributed by atoms with E-state index in [9.17, 15) is 9.18 Å². The van der Waals surface area contributed by atoms with Crippen LogP contribution < -0.4 is 5.73 Å². The lowest BCUT2D eigenvalue weighted by Gasteiger charge is -2.43. The van der Waals surface area contributed by atoms with Crippen molar-refractivity contribution in [3.63, 3.8) is 0 Å². The normalized spacial score (nSPS) is 19.3. The first-order chi connectivity index (χ1) is 15.4. The summed E-state index contributed by atoms with van der Waals surface area (Å²) in [6.07, 6.45) is 4.15. The maximum absolute atomic E-state index is 13.4. The minimum Gasteiger partial charge on any atom is -0.437 e. The Bertz CT molecular complexity index is 1100. The summed E-state index contributed by atoms with van der Waals surface area (Å²) < 4.78 is 19.4. The van der Waals surface area contributed by atoms with Crippen LogP contribution in [0.3, 0.4) is 0 Å². The van der Waals surface area contributed by atoms with E-state index in [-0.39, 0.29) is 18.0 Å². The molecular weight excluding hydrogens is 405 g/mol. The van der Waals surface area contributed by atoms with Crippen molar-refractivity contribution in [2.75, 3.05) is 12.3 Å². The monoisotopic (exact) mass is 431 g/mol. The minimum atomic E-state index is -0.825. The first-order valence-corrected chi connectivity index (χ1v) is 10.6. The number of halogens is 1. The van der Waals surface area contributed by atoms with Crippen molar-refractivity contribution in [1.82, 2.24) is 9.88 Å². The van der Waals surface area contributed by atoms with Gasteiger partial charge in [-0.1, -0.05) is 42.5 Å². The Hall–Kier alpha value is -3.67. The molecule has 0 spiro atoms. The van der Waals surface area contributed by atoms with E-state index in [1.165, 1.54) is 12.1 Å². The highest BCUT2D eigenvalue weighted by Crippen LogP contribution is 2.40. The fourth-order valence-electron chi connectivity index (χ4n) is 4.18. The van der Waals surface area contributed by atoms with Crippen LogP contribution in [0.5, 0.6) is 0 Å². The zero-order valence-electron chi connectivity index (χ0n) is 18.0. The van der Waals surface area contributed by atoms with Crippen LogP contribution in [0.15, 0.2) is 79.5 Å². The molecule has 32 heavy (non-hydrogen) atoms. The van der Waals surface area contributed by atoms with Gasteiger partial charge in [-0.25, -0.2) is 14.2 Å². The summed E-state index contributed by atoms with van der Waals surface area (Å²) in [7, 11) is 0. The number of carbonyl (C=O) groups is 1. The molecule has 0 bridgehead atoms. The van der Waals surface area contributed by atoms with E-state index >= 15 is 0 Å². The Kier molecular flexibility index (Phi) is 5.95. The third-order valence-electron chi connectivity index (χ3n) is 6.10.